The average molecular weight is 306 g/mol. The van der Waals surface area contributed by atoms with E-state index in [0.717, 1.165) is 15.7 Å². The van der Waals surface area contributed by atoms with Crippen molar-refractivity contribution in [3.63, 3.8) is 0 Å². The summed E-state index contributed by atoms with van der Waals surface area (Å²) in [7, 11) is 0. The highest BCUT2D eigenvalue weighted by molar-refractivity contribution is 9.10. The van der Waals surface area contributed by atoms with E-state index in [1.807, 2.05) is 36.4 Å². The molecule has 0 saturated carbocycles. The molecule has 0 aliphatic rings. The lowest BCUT2D eigenvalue weighted by Crippen LogP contribution is -2.01. The first-order chi connectivity index (χ1) is 8.65. The Bertz CT molecular complexity index is 552. The van der Waals surface area contributed by atoms with Crippen LogP contribution >= 0.6 is 15.9 Å². The average Bonchev–Trinajstić information content (AvgIpc) is 2.37. The lowest BCUT2D eigenvalue weighted by atomic mass is 10.1. The topological polar surface area (TPSA) is 49.3 Å². The van der Waals surface area contributed by atoms with Gasteiger partial charge in [0.2, 0.25) is 0 Å². The minimum absolute atomic E-state index is 0.307. The molecule has 0 spiro atoms. The molecule has 2 rings (SSSR count). The van der Waals surface area contributed by atoms with Crippen molar-refractivity contribution in [2.45, 2.75) is 6.54 Å². The van der Waals surface area contributed by atoms with Crippen LogP contribution in [0.4, 0.5) is 5.69 Å². The van der Waals surface area contributed by atoms with Crippen LogP contribution in [0.25, 0.3) is 0 Å². The number of hydrogen-bond acceptors (Lipinski definition) is 2. The summed E-state index contributed by atoms with van der Waals surface area (Å²) in [6, 6.07) is 14.7. The van der Waals surface area contributed by atoms with Gasteiger partial charge in [0.05, 0.1) is 5.56 Å². The fourth-order valence-corrected chi connectivity index (χ4v) is 1.97. The van der Waals surface area contributed by atoms with Crippen molar-refractivity contribution in [1.29, 1.82) is 0 Å². The van der Waals surface area contributed by atoms with E-state index < -0.39 is 5.97 Å². The highest BCUT2D eigenvalue weighted by Gasteiger charge is 2.01. The molecule has 18 heavy (non-hydrogen) atoms. The first-order valence-electron chi connectivity index (χ1n) is 5.47. The molecule has 0 aliphatic heterocycles. The van der Waals surface area contributed by atoms with Crippen LogP contribution in [0.3, 0.4) is 0 Å². The maximum absolute atomic E-state index is 10.7. The Kier molecular flexibility index (Phi) is 3.99. The van der Waals surface area contributed by atoms with Crippen LogP contribution in [-0.2, 0) is 6.54 Å². The standard InChI is InChI=1S/C14H12BrNO2/c15-12-2-1-3-13(8-12)16-9-10-4-6-11(7-5-10)14(17)18/h1-8,16H,9H2,(H,17,18). The predicted molar refractivity (Wildman–Crippen MR) is 74.9 cm³/mol. The van der Waals surface area contributed by atoms with E-state index in [-0.39, 0.29) is 0 Å². The van der Waals surface area contributed by atoms with Crippen LogP contribution in [0.2, 0.25) is 0 Å². The number of aromatic carboxylic acids is 1. The lowest BCUT2D eigenvalue weighted by Gasteiger charge is -2.07. The molecule has 0 atom stereocenters. The Balaban J connectivity index is 2.00. The van der Waals surface area contributed by atoms with Crippen molar-refractivity contribution < 1.29 is 9.90 Å². The number of rotatable bonds is 4. The number of carboxylic acid groups (broad SMARTS) is 1. The summed E-state index contributed by atoms with van der Waals surface area (Å²) >= 11 is 3.41. The third kappa shape index (κ3) is 3.34. The molecule has 0 unspecified atom stereocenters. The molecule has 4 heteroatoms. The summed E-state index contributed by atoms with van der Waals surface area (Å²) < 4.78 is 1.02. The molecule has 92 valence electrons. The van der Waals surface area contributed by atoms with Crippen molar-refractivity contribution in [3.8, 4) is 0 Å². The Morgan fingerprint density at radius 3 is 2.50 bits per heavy atom. The van der Waals surface area contributed by atoms with E-state index in [0.29, 0.717) is 12.1 Å². The Morgan fingerprint density at radius 1 is 1.17 bits per heavy atom. The molecule has 0 aromatic heterocycles. The summed E-state index contributed by atoms with van der Waals surface area (Å²) in [4.78, 5) is 10.7. The van der Waals surface area contributed by atoms with Gasteiger partial charge in [0.25, 0.3) is 0 Å². The van der Waals surface area contributed by atoms with Gasteiger partial charge in [-0.25, -0.2) is 4.79 Å². The van der Waals surface area contributed by atoms with Crippen LogP contribution in [0.5, 0.6) is 0 Å². The summed E-state index contributed by atoms with van der Waals surface area (Å²) in [5.74, 6) is -0.901. The smallest absolute Gasteiger partial charge is 0.335 e. The number of anilines is 1. The third-order valence-corrected chi connectivity index (χ3v) is 3.02. The van der Waals surface area contributed by atoms with E-state index in [1.54, 1.807) is 12.1 Å². The van der Waals surface area contributed by atoms with Crippen LogP contribution in [0, 0.1) is 0 Å². The van der Waals surface area contributed by atoms with Crippen molar-refractivity contribution in [2.75, 3.05) is 5.32 Å². The SMILES string of the molecule is O=C(O)c1ccc(CNc2cccc(Br)c2)cc1. The van der Waals surface area contributed by atoms with Crippen LogP contribution < -0.4 is 5.32 Å². The molecule has 0 fully saturated rings. The van der Waals surface area contributed by atoms with Gasteiger partial charge in [0.1, 0.15) is 0 Å². The monoisotopic (exact) mass is 305 g/mol. The van der Waals surface area contributed by atoms with Crippen LogP contribution in [0.1, 0.15) is 15.9 Å². The summed E-state index contributed by atoms with van der Waals surface area (Å²) in [5.41, 5.74) is 2.37. The van der Waals surface area contributed by atoms with Crippen molar-refractivity contribution in [1.82, 2.24) is 0 Å². The van der Waals surface area contributed by atoms with Crippen LogP contribution in [-0.4, -0.2) is 11.1 Å². The van der Waals surface area contributed by atoms with Gasteiger partial charge in [-0.3, -0.25) is 0 Å². The quantitative estimate of drug-likeness (QED) is 0.904. The molecular formula is C14H12BrNO2. The number of nitrogens with one attached hydrogen (secondary N) is 1. The number of halogens is 1. The summed E-state index contributed by atoms with van der Waals surface area (Å²) in [5, 5.41) is 12.1. The highest BCUT2D eigenvalue weighted by Crippen LogP contribution is 2.16. The number of hydrogen-bond donors (Lipinski definition) is 2. The number of carbonyl (C=O) groups is 1. The number of benzene rings is 2. The molecule has 2 aromatic carbocycles. The van der Waals surface area contributed by atoms with Crippen molar-refractivity contribution >= 4 is 27.6 Å². The first kappa shape index (κ1) is 12.6. The Morgan fingerprint density at radius 2 is 1.89 bits per heavy atom. The third-order valence-electron chi connectivity index (χ3n) is 2.52. The summed E-state index contributed by atoms with van der Waals surface area (Å²) in [6.07, 6.45) is 0. The summed E-state index contributed by atoms with van der Waals surface area (Å²) in [6.45, 7) is 0.663. The van der Waals surface area contributed by atoms with Crippen LogP contribution in [0.15, 0.2) is 53.0 Å². The van der Waals surface area contributed by atoms with Gasteiger partial charge in [-0.2, -0.15) is 0 Å². The molecule has 0 radical (unpaired) electrons. The largest absolute Gasteiger partial charge is 0.478 e. The van der Waals surface area contributed by atoms with Crippen molar-refractivity contribution in [2.24, 2.45) is 0 Å². The molecular weight excluding hydrogens is 294 g/mol. The van der Waals surface area contributed by atoms with Gasteiger partial charge in [0, 0.05) is 16.7 Å². The second kappa shape index (κ2) is 5.69. The zero-order chi connectivity index (χ0) is 13.0. The molecule has 0 heterocycles. The first-order valence-corrected chi connectivity index (χ1v) is 6.26. The van der Waals surface area contributed by atoms with Gasteiger partial charge in [0.15, 0.2) is 0 Å². The molecule has 2 N–H and O–H groups in total. The van der Waals surface area contributed by atoms with E-state index in [9.17, 15) is 4.79 Å². The van der Waals surface area contributed by atoms with E-state index in [4.69, 9.17) is 5.11 Å². The Hall–Kier alpha value is -1.81. The van der Waals surface area contributed by atoms with E-state index in [1.165, 1.54) is 0 Å². The molecule has 0 saturated heterocycles. The van der Waals surface area contributed by atoms with Gasteiger partial charge in [-0.15, -0.1) is 0 Å². The minimum atomic E-state index is -0.901. The zero-order valence-electron chi connectivity index (χ0n) is 9.56. The van der Waals surface area contributed by atoms with Gasteiger partial charge >= 0.3 is 5.97 Å². The van der Waals surface area contributed by atoms with Crippen molar-refractivity contribution in [3.05, 3.63) is 64.1 Å². The molecule has 0 aliphatic carbocycles. The maximum atomic E-state index is 10.7. The molecule has 3 nitrogen and oxygen atoms in total. The highest BCUT2D eigenvalue weighted by atomic mass is 79.9. The van der Waals surface area contributed by atoms with E-state index >= 15 is 0 Å². The zero-order valence-corrected chi connectivity index (χ0v) is 11.1. The van der Waals surface area contributed by atoms with Gasteiger partial charge < -0.3 is 10.4 Å². The van der Waals surface area contributed by atoms with E-state index in [2.05, 4.69) is 21.2 Å². The normalized spacial score (nSPS) is 10.1. The van der Waals surface area contributed by atoms with Gasteiger partial charge in [-0.1, -0.05) is 34.1 Å². The van der Waals surface area contributed by atoms with Gasteiger partial charge in [-0.05, 0) is 35.9 Å². The minimum Gasteiger partial charge on any atom is -0.478 e. The molecule has 2 aromatic rings. The fourth-order valence-electron chi connectivity index (χ4n) is 1.57. The second-order valence-electron chi connectivity index (χ2n) is 3.87. The molecule has 0 bridgehead atoms. The Labute approximate surface area is 114 Å². The maximum Gasteiger partial charge on any atom is 0.335 e. The fraction of sp³-hybridized carbons (Fsp3) is 0.0714. The number of carboxylic acids is 1. The predicted octanol–water partition coefficient (Wildman–Crippen LogP) is 3.76. The molecule has 0 amide bonds. The second-order valence-corrected chi connectivity index (χ2v) is 4.78. The lowest BCUT2D eigenvalue weighted by molar-refractivity contribution is 0.0697.